The zero-order valence-corrected chi connectivity index (χ0v) is 11.6. The summed E-state index contributed by atoms with van der Waals surface area (Å²) >= 11 is 0. The molecule has 0 amide bonds. The summed E-state index contributed by atoms with van der Waals surface area (Å²) < 4.78 is 10.1. The number of hydrogen-bond donors (Lipinski definition) is 0. The Hall–Kier alpha value is -1.84. The highest BCUT2D eigenvalue weighted by molar-refractivity contribution is 5.89. The van der Waals surface area contributed by atoms with E-state index in [1.165, 1.54) is 0 Å². The summed E-state index contributed by atoms with van der Waals surface area (Å²) in [6.07, 6.45) is 0.500. The van der Waals surface area contributed by atoms with Crippen LogP contribution in [0.25, 0.3) is 0 Å². The minimum absolute atomic E-state index is 0.241. The van der Waals surface area contributed by atoms with Crippen LogP contribution in [0.5, 0.6) is 0 Å². The second kappa shape index (κ2) is 6.92. The number of carbonyl (C=O) groups is 2. The summed E-state index contributed by atoms with van der Waals surface area (Å²) in [7, 11) is 0. The second-order valence-electron chi connectivity index (χ2n) is 5.24. The van der Waals surface area contributed by atoms with Gasteiger partial charge in [0, 0.05) is 6.42 Å². The fourth-order valence-electron chi connectivity index (χ4n) is 1.26. The molecule has 0 atom stereocenters. The van der Waals surface area contributed by atoms with Gasteiger partial charge in [-0.15, -0.1) is 0 Å². The number of hydrogen-bond acceptors (Lipinski definition) is 4. The highest BCUT2D eigenvalue weighted by atomic mass is 16.5. The maximum atomic E-state index is 11.6. The maximum absolute atomic E-state index is 11.6. The van der Waals surface area contributed by atoms with Gasteiger partial charge in [0.2, 0.25) is 0 Å². The smallest absolute Gasteiger partial charge is 0.338 e. The lowest BCUT2D eigenvalue weighted by atomic mass is 9.97. The van der Waals surface area contributed by atoms with E-state index in [2.05, 4.69) is 0 Å². The van der Waals surface area contributed by atoms with Crippen molar-refractivity contribution in [2.75, 3.05) is 13.2 Å². The first-order valence-corrected chi connectivity index (χ1v) is 6.30. The highest BCUT2D eigenvalue weighted by Crippen LogP contribution is 2.15. The summed E-state index contributed by atoms with van der Waals surface area (Å²) in [6.45, 7) is 5.89. The molecule has 0 N–H and O–H groups in total. The molecular weight excluding hydrogens is 244 g/mol. The Morgan fingerprint density at radius 1 is 1.00 bits per heavy atom. The van der Waals surface area contributed by atoms with Crippen LogP contribution in [0, 0.1) is 5.41 Å². The molecule has 0 aliphatic rings. The van der Waals surface area contributed by atoms with E-state index in [9.17, 15) is 9.59 Å². The third-order valence-electron chi connectivity index (χ3n) is 2.38. The molecule has 0 saturated carbocycles. The molecule has 0 aliphatic carbocycles. The van der Waals surface area contributed by atoms with Gasteiger partial charge in [-0.1, -0.05) is 18.2 Å². The third kappa shape index (κ3) is 5.55. The van der Waals surface area contributed by atoms with Crippen LogP contribution < -0.4 is 0 Å². The van der Waals surface area contributed by atoms with E-state index in [1.54, 1.807) is 45.0 Å². The van der Waals surface area contributed by atoms with Crippen LogP contribution in [0.1, 0.15) is 37.6 Å². The minimum Gasteiger partial charge on any atom is -0.465 e. The predicted octanol–water partition coefficient (Wildman–Crippen LogP) is 2.82. The van der Waals surface area contributed by atoms with Crippen molar-refractivity contribution in [3.63, 3.8) is 0 Å². The van der Waals surface area contributed by atoms with Gasteiger partial charge in [0.15, 0.2) is 0 Å². The van der Waals surface area contributed by atoms with Crippen molar-refractivity contribution in [2.24, 2.45) is 5.41 Å². The predicted molar refractivity (Wildman–Crippen MR) is 71.8 cm³/mol. The summed E-state index contributed by atoms with van der Waals surface area (Å²) in [5.41, 5.74) is 0.0231. The average Bonchev–Trinajstić information content (AvgIpc) is 2.37. The normalized spacial score (nSPS) is 10.9. The number of rotatable bonds is 5. The molecule has 0 aliphatic heterocycles. The van der Waals surface area contributed by atoms with Crippen LogP contribution >= 0.6 is 0 Å². The lowest BCUT2D eigenvalue weighted by molar-refractivity contribution is -0.153. The lowest BCUT2D eigenvalue weighted by Crippen LogP contribution is -2.23. The fourth-order valence-corrected chi connectivity index (χ4v) is 1.26. The molecule has 0 unspecified atom stereocenters. The van der Waals surface area contributed by atoms with Crippen molar-refractivity contribution >= 4 is 11.9 Å². The Morgan fingerprint density at radius 3 is 2.16 bits per heavy atom. The van der Waals surface area contributed by atoms with Gasteiger partial charge in [-0.05, 0) is 32.9 Å². The number of ether oxygens (including phenoxy) is 2. The molecule has 1 aromatic carbocycles. The van der Waals surface area contributed by atoms with Crippen LogP contribution in [-0.4, -0.2) is 25.2 Å². The van der Waals surface area contributed by atoms with E-state index in [0.29, 0.717) is 12.0 Å². The Morgan fingerprint density at radius 2 is 1.58 bits per heavy atom. The van der Waals surface area contributed by atoms with Crippen LogP contribution in [0.2, 0.25) is 0 Å². The molecule has 0 bridgehead atoms. The quantitative estimate of drug-likeness (QED) is 0.606. The minimum atomic E-state index is -0.499. The van der Waals surface area contributed by atoms with Gasteiger partial charge in [-0.2, -0.15) is 0 Å². The molecule has 0 saturated heterocycles. The van der Waals surface area contributed by atoms with Crippen molar-refractivity contribution in [3.8, 4) is 0 Å². The van der Waals surface area contributed by atoms with Gasteiger partial charge >= 0.3 is 11.9 Å². The van der Waals surface area contributed by atoms with E-state index in [-0.39, 0.29) is 25.2 Å². The molecule has 0 radical (unpaired) electrons. The van der Waals surface area contributed by atoms with Gasteiger partial charge in [-0.3, -0.25) is 4.79 Å². The molecule has 0 spiro atoms. The van der Waals surface area contributed by atoms with Crippen molar-refractivity contribution in [1.29, 1.82) is 0 Å². The number of esters is 2. The van der Waals surface area contributed by atoms with Crippen LogP contribution in [0.15, 0.2) is 30.3 Å². The van der Waals surface area contributed by atoms with Crippen LogP contribution in [-0.2, 0) is 14.3 Å². The molecule has 0 aromatic heterocycles. The fraction of sp³-hybridized carbons (Fsp3) is 0.467. The largest absolute Gasteiger partial charge is 0.465 e. The molecule has 4 nitrogen and oxygen atoms in total. The summed E-state index contributed by atoms with van der Waals surface area (Å²) in [5.74, 6) is -0.607. The molecule has 19 heavy (non-hydrogen) atoms. The first kappa shape index (κ1) is 15.2. The number of benzene rings is 1. The standard InChI is InChI=1S/C15H20O4/c1-15(2,3)14(17)19-11-7-10-18-13(16)12-8-5-4-6-9-12/h4-6,8-9H,7,10-11H2,1-3H3. The van der Waals surface area contributed by atoms with E-state index < -0.39 is 5.41 Å². The van der Waals surface area contributed by atoms with Gasteiger partial charge in [0.1, 0.15) is 0 Å². The maximum Gasteiger partial charge on any atom is 0.338 e. The molecular formula is C15H20O4. The van der Waals surface area contributed by atoms with E-state index in [0.717, 1.165) is 0 Å². The van der Waals surface area contributed by atoms with Gasteiger partial charge in [0.25, 0.3) is 0 Å². The van der Waals surface area contributed by atoms with Crippen LogP contribution in [0.3, 0.4) is 0 Å². The van der Waals surface area contributed by atoms with Crippen molar-refractivity contribution in [2.45, 2.75) is 27.2 Å². The zero-order valence-electron chi connectivity index (χ0n) is 11.6. The topological polar surface area (TPSA) is 52.6 Å². The van der Waals surface area contributed by atoms with E-state index >= 15 is 0 Å². The zero-order chi connectivity index (χ0) is 14.3. The van der Waals surface area contributed by atoms with Gasteiger partial charge < -0.3 is 9.47 Å². The Balaban J connectivity index is 2.18. The first-order chi connectivity index (χ1) is 8.91. The second-order valence-corrected chi connectivity index (χ2v) is 5.24. The summed E-state index contributed by atoms with van der Waals surface area (Å²) in [5, 5.41) is 0. The van der Waals surface area contributed by atoms with Gasteiger partial charge in [0.05, 0.1) is 24.2 Å². The SMILES string of the molecule is CC(C)(C)C(=O)OCCCOC(=O)c1ccccc1. The monoisotopic (exact) mass is 264 g/mol. The number of carbonyl (C=O) groups excluding carboxylic acids is 2. The summed E-state index contributed by atoms with van der Waals surface area (Å²) in [6, 6.07) is 8.79. The van der Waals surface area contributed by atoms with E-state index in [4.69, 9.17) is 9.47 Å². The van der Waals surface area contributed by atoms with Gasteiger partial charge in [-0.25, -0.2) is 4.79 Å². The molecule has 0 fully saturated rings. The lowest BCUT2D eigenvalue weighted by Gasteiger charge is -2.16. The summed E-state index contributed by atoms with van der Waals surface area (Å²) in [4.78, 5) is 23.0. The molecule has 104 valence electrons. The molecule has 0 heterocycles. The third-order valence-corrected chi connectivity index (χ3v) is 2.38. The first-order valence-electron chi connectivity index (χ1n) is 6.30. The van der Waals surface area contributed by atoms with Crippen molar-refractivity contribution in [3.05, 3.63) is 35.9 Å². The highest BCUT2D eigenvalue weighted by Gasteiger charge is 2.22. The molecule has 1 aromatic rings. The Kier molecular flexibility index (Phi) is 5.55. The molecule has 4 heteroatoms. The Bertz CT molecular complexity index is 418. The van der Waals surface area contributed by atoms with Crippen molar-refractivity contribution < 1.29 is 19.1 Å². The van der Waals surface area contributed by atoms with E-state index in [1.807, 2.05) is 6.07 Å². The Labute approximate surface area is 113 Å². The average molecular weight is 264 g/mol. The van der Waals surface area contributed by atoms with Crippen LogP contribution in [0.4, 0.5) is 0 Å². The molecule has 1 rings (SSSR count). The van der Waals surface area contributed by atoms with Crippen molar-refractivity contribution in [1.82, 2.24) is 0 Å².